The Morgan fingerprint density at radius 2 is 2.22 bits per heavy atom. The van der Waals surface area contributed by atoms with E-state index in [1.165, 1.54) is 35.6 Å². The largest absolute Gasteiger partial charge is 0.443 e. The Morgan fingerprint density at radius 1 is 1.36 bits per heavy atom. The number of nitrogens with zero attached hydrogens (tertiary/aromatic N) is 3. The molecule has 0 bridgehead atoms. The highest BCUT2D eigenvalue weighted by Crippen LogP contribution is 2.26. The van der Waals surface area contributed by atoms with E-state index in [4.69, 9.17) is 9.84 Å². The molecule has 0 aromatic carbocycles. The summed E-state index contributed by atoms with van der Waals surface area (Å²) < 4.78 is 19.1. The van der Waals surface area contributed by atoms with Crippen molar-refractivity contribution < 1.29 is 19.0 Å². The van der Waals surface area contributed by atoms with Crippen molar-refractivity contribution in [1.82, 2.24) is 4.90 Å². The number of ether oxygens (including phenoxy) is 1. The van der Waals surface area contributed by atoms with Gasteiger partial charge in [-0.25, -0.2) is 9.38 Å². The first kappa shape index (κ1) is 26.8. The molecular weight excluding hydrogens is 457 g/mol. The van der Waals surface area contributed by atoms with E-state index < -0.39 is 5.83 Å². The minimum Gasteiger partial charge on any atom is -0.443 e. The molecule has 1 atom stereocenters. The summed E-state index contributed by atoms with van der Waals surface area (Å²) in [6.45, 7) is 6.57. The summed E-state index contributed by atoms with van der Waals surface area (Å²) in [4.78, 5) is 22.6. The van der Waals surface area contributed by atoms with Gasteiger partial charge in [0.1, 0.15) is 0 Å². The summed E-state index contributed by atoms with van der Waals surface area (Å²) in [7, 11) is 0. The standard InChI is InChI=1S/C29H32FN3O3/c1-3-28(27(30)9-4-5-16-34)36-21-31-14-12-24-18-29(35)33(20-24)19-23-7-6-8-25(11-10-23)26-13-15-32-22(2)17-26/h3-4,6-7,9-15,18,21-22,34H,1,5,8,16-17,19-20H2,2H3/b9-4-,14-12-,28-27-,31-21?. The van der Waals surface area contributed by atoms with Crippen LogP contribution in [0.25, 0.3) is 0 Å². The van der Waals surface area contributed by atoms with Crippen LogP contribution in [-0.2, 0) is 9.53 Å². The third-order valence-electron chi connectivity index (χ3n) is 5.68. The maximum atomic E-state index is 13.9. The summed E-state index contributed by atoms with van der Waals surface area (Å²) in [5.41, 5.74) is 4.49. The number of aliphatic imine (C=N–C) groups is 2. The summed E-state index contributed by atoms with van der Waals surface area (Å²) in [5, 5.41) is 8.74. The average molecular weight is 490 g/mol. The summed E-state index contributed by atoms with van der Waals surface area (Å²) in [6, 6.07) is 0.304. The second kappa shape index (κ2) is 13.9. The van der Waals surface area contributed by atoms with Crippen LogP contribution >= 0.6 is 0 Å². The molecule has 36 heavy (non-hydrogen) atoms. The Morgan fingerprint density at radius 3 is 3.00 bits per heavy atom. The zero-order chi connectivity index (χ0) is 25.8. The second-order valence-corrected chi connectivity index (χ2v) is 8.52. The van der Waals surface area contributed by atoms with Crippen molar-refractivity contribution in [3.8, 4) is 0 Å². The lowest BCUT2D eigenvalue weighted by Crippen LogP contribution is -2.27. The third-order valence-corrected chi connectivity index (χ3v) is 5.68. The molecule has 1 amide bonds. The van der Waals surface area contributed by atoms with Gasteiger partial charge in [0.25, 0.3) is 0 Å². The van der Waals surface area contributed by atoms with Crippen LogP contribution in [-0.4, -0.2) is 54.3 Å². The summed E-state index contributed by atoms with van der Waals surface area (Å²) in [5.74, 6) is -0.741. The van der Waals surface area contributed by atoms with Gasteiger partial charge in [-0.15, -0.1) is 0 Å². The van der Waals surface area contributed by atoms with Crippen molar-refractivity contribution >= 4 is 18.5 Å². The van der Waals surface area contributed by atoms with E-state index in [1.54, 1.807) is 17.1 Å². The van der Waals surface area contributed by atoms with Gasteiger partial charge in [-0.2, -0.15) is 0 Å². The van der Waals surface area contributed by atoms with E-state index in [-0.39, 0.29) is 18.3 Å². The van der Waals surface area contributed by atoms with Gasteiger partial charge >= 0.3 is 0 Å². The number of dihydropyridines is 1. The van der Waals surface area contributed by atoms with Crippen molar-refractivity contribution in [3.63, 3.8) is 0 Å². The highest BCUT2D eigenvalue weighted by Gasteiger charge is 2.20. The van der Waals surface area contributed by atoms with E-state index >= 15 is 0 Å². The molecular formula is C29H32FN3O3. The number of hydrogen-bond acceptors (Lipinski definition) is 5. The zero-order valence-electron chi connectivity index (χ0n) is 20.5. The molecule has 3 rings (SSSR count). The number of allylic oxidation sites excluding steroid dienone is 8. The van der Waals surface area contributed by atoms with Gasteiger partial charge in [0.2, 0.25) is 5.91 Å². The Bertz CT molecular complexity index is 1150. The van der Waals surface area contributed by atoms with Crippen molar-refractivity contribution in [2.75, 3.05) is 19.7 Å². The van der Waals surface area contributed by atoms with Crippen molar-refractivity contribution in [2.45, 2.75) is 32.2 Å². The maximum Gasteiger partial charge on any atom is 0.247 e. The minimum absolute atomic E-state index is 0.0498. The number of halogens is 1. The maximum absolute atomic E-state index is 13.9. The first-order valence-electron chi connectivity index (χ1n) is 11.9. The molecule has 0 spiro atoms. The number of aliphatic hydroxyl groups is 1. The van der Waals surface area contributed by atoms with E-state index in [0.717, 1.165) is 30.4 Å². The predicted octanol–water partition coefficient (Wildman–Crippen LogP) is 5.22. The van der Waals surface area contributed by atoms with E-state index in [0.29, 0.717) is 25.6 Å². The molecule has 0 fully saturated rings. The van der Waals surface area contributed by atoms with E-state index in [2.05, 4.69) is 53.9 Å². The summed E-state index contributed by atoms with van der Waals surface area (Å²) >= 11 is 0. The topological polar surface area (TPSA) is 74.5 Å². The zero-order valence-corrected chi connectivity index (χ0v) is 20.5. The molecule has 188 valence electrons. The van der Waals surface area contributed by atoms with Crippen LogP contribution in [0.4, 0.5) is 4.39 Å². The molecule has 6 nitrogen and oxygen atoms in total. The Kier molecular flexibility index (Phi) is 10.3. The van der Waals surface area contributed by atoms with Crippen LogP contribution in [0.1, 0.15) is 26.2 Å². The molecule has 3 aliphatic rings. The number of hydrogen-bond donors (Lipinski definition) is 1. The van der Waals surface area contributed by atoms with E-state index in [1.807, 2.05) is 6.21 Å². The first-order valence-corrected chi connectivity index (χ1v) is 11.9. The van der Waals surface area contributed by atoms with Crippen LogP contribution in [0.15, 0.2) is 117 Å². The third kappa shape index (κ3) is 8.13. The molecule has 7 heteroatoms. The molecule has 0 radical (unpaired) electrons. The molecule has 0 aromatic rings. The Balaban J connectivity index is 1.52. The Labute approximate surface area is 212 Å². The SMILES string of the molecule is C=C/C(OC=N/C=C\C1=CC(=O)N(CC2=CC=C(C3=CC=NC(C)C3)CC=C2)C1)=C(F)\C=C/CCO. The fraction of sp³-hybridized carbons (Fsp3) is 0.276. The average Bonchev–Trinajstić information content (AvgIpc) is 3.05. The molecule has 0 aromatic heterocycles. The van der Waals surface area contributed by atoms with E-state index in [9.17, 15) is 9.18 Å². The minimum atomic E-state index is -0.615. The number of rotatable bonds is 11. The monoisotopic (exact) mass is 489 g/mol. The quantitative estimate of drug-likeness (QED) is 0.187. The van der Waals surface area contributed by atoms with Gasteiger partial charge < -0.3 is 14.7 Å². The summed E-state index contributed by atoms with van der Waals surface area (Å²) in [6.07, 6.45) is 24.4. The van der Waals surface area contributed by atoms with Gasteiger partial charge in [-0.05, 0) is 72.8 Å². The van der Waals surface area contributed by atoms with Gasteiger partial charge in [0.05, 0.1) is 6.04 Å². The van der Waals surface area contributed by atoms with Gasteiger partial charge in [0, 0.05) is 38.2 Å². The van der Waals surface area contributed by atoms with Crippen LogP contribution in [0.3, 0.4) is 0 Å². The van der Waals surface area contributed by atoms with Crippen LogP contribution in [0.5, 0.6) is 0 Å². The second-order valence-electron chi connectivity index (χ2n) is 8.52. The molecule has 1 unspecified atom stereocenters. The van der Waals surface area contributed by atoms with Crippen molar-refractivity contribution in [1.29, 1.82) is 0 Å². The first-order chi connectivity index (χ1) is 17.5. The number of amides is 1. The highest BCUT2D eigenvalue weighted by molar-refractivity contribution is 5.92. The van der Waals surface area contributed by atoms with Crippen molar-refractivity contribution in [3.05, 3.63) is 107 Å². The molecule has 1 N–H and O–H groups in total. The smallest absolute Gasteiger partial charge is 0.247 e. The van der Waals surface area contributed by atoms with Crippen LogP contribution < -0.4 is 0 Å². The normalized spacial score (nSPS) is 21.0. The number of aliphatic hydroxyl groups excluding tert-OH is 1. The van der Waals surface area contributed by atoms with Crippen LogP contribution in [0.2, 0.25) is 0 Å². The lowest BCUT2D eigenvalue weighted by Gasteiger charge is -2.16. The van der Waals surface area contributed by atoms with Gasteiger partial charge in [-0.3, -0.25) is 9.79 Å². The predicted molar refractivity (Wildman–Crippen MR) is 143 cm³/mol. The van der Waals surface area contributed by atoms with Gasteiger partial charge in [0.15, 0.2) is 18.0 Å². The van der Waals surface area contributed by atoms with Gasteiger partial charge in [-0.1, -0.05) is 37.0 Å². The Hall–Kier alpha value is -3.84. The molecule has 2 heterocycles. The lowest BCUT2D eigenvalue weighted by molar-refractivity contribution is -0.124. The lowest BCUT2D eigenvalue weighted by atomic mass is 9.95. The molecule has 0 saturated heterocycles. The molecule has 0 saturated carbocycles. The fourth-order valence-corrected chi connectivity index (χ4v) is 3.82. The fourth-order valence-electron chi connectivity index (χ4n) is 3.82. The van der Waals surface area contributed by atoms with Crippen molar-refractivity contribution in [2.24, 2.45) is 9.98 Å². The molecule has 2 aliphatic heterocycles. The van der Waals surface area contributed by atoms with Crippen LogP contribution in [0, 0.1) is 0 Å². The highest BCUT2D eigenvalue weighted by atomic mass is 19.1. The molecule has 1 aliphatic carbocycles. The number of carbonyl (C=O) groups is 1. The number of carbonyl (C=O) groups excluding carboxylic acids is 1.